The summed E-state index contributed by atoms with van der Waals surface area (Å²) in [5, 5.41) is 2.58. The molecule has 2 aromatic carbocycles. The Bertz CT molecular complexity index is 473. The molecule has 0 atom stereocenters. The summed E-state index contributed by atoms with van der Waals surface area (Å²) in [6.07, 6.45) is 1.90. The van der Waals surface area contributed by atoms with Gasteiger partial charge in [0.25, 0.3) is 0 Å². The Kier molecular flexibility index (Phi) is 2.36. The van der Waals surface area contributed by atoms with Gasteiger partial charge >= 0.3 is 0 Å². The summed E-state index contributed by atoms with van der Waals surface area (Å²) >= 11 is 0. The summed E-state index contributed by atoms with van der Waals surface area (Å²) in [6.45, 7) is 5.90. The van der Waals surface area contributed by atoms with Gasteiger partial charge in [-0.05, 0) is 35.8 Å². The predicted octanol–water partition coefficient (Wildman–Crippen LogP) is 4.08. The fourth-order valence-electron chi connectivity index (χ4n) is 1.68. The molecule has 0 unspecified atom stereocenters. The second-order valence-corrected chi connectivity index (χ2v) is 3.41. The molecule has 14 heavy (non-hydrogen) atoms. The largest absolute Gasteiger partial charge is 0.0807 e. The van der Waals surface area contributed by atoms with Crippen molar-refractivity contribution in [2.75, 3.05) is 0 Å². The Morgan fingerprint density at radius 2 is 1.79 bits per heavy atom. The normalized spacial score (nSPS) is 12.0. The van der Waals surface area contributed by atoms with E-state index in [1.165, 1.54) is 21.9 Å². The standard InChI is InChI=1S/C14H13/c1-3-11(2)13-10-6-8-12-7-4-5-9-14(12)13/h3-10H,1H2,2H3. The smallest absolute Gasteiger partial charge is 0.0109 e. The van der Waals surface area contributed by atoms with Crippen molar-refractivity contribution >= 4 is 16.3 Å². The van der Waals surface area contributed by atoms with E-state index in [2.05, 4.69) is 56.3 Å². The van der Waals surface area contributed by atoms with Crippen LogP contribution in [-0.4, -0.2) is 0 Å². The zero-order chi connectivity index (χ0) is 9.97. The van der Waals surface area contributed by atoms with Crippen LogP contribution in [0.5, 0.6) is 0 Å². The maximum atomic E-state index is 3.81. The highest BCUT2D eigenvalue weighted by Gasteiger charge is 1.99. The van der Waals surface area contributed by atoms with Crippen molar-refractivity contribution in [3.05, 3.63) is 61.0 Å². The highest BCUT2D eigenvalue weighted by molar-refractivity contribution is 5.93. The molecule has 69 valence electrons. The third kappa shape index (κ3) is 1.44. The fourth-order valence-corrected chi connectivity index (χ4v) is 1.68. The van der Waals surface area contributed by atoms with E-state index < -0.39 is 0 Å². The van der Waals surface area contributed by atoms with Crippen molar-refractivity contribution in [2.24, 2.45) is 0 Å². The second-order valence-electron chi connectivity index (χ2n) is 3.41. The molecule has 0 heterocycles. The van der Waals surface area contributed by atoms with Crippen molar-refractivity contribution in [1.82, 2.24) is 0 Å². The fraction of sp³-hybridized carbons (Fsp3) is 0.0714. The Hall–Kier alpha value is -1.56. The monoisotopic (exact) mass is 181 g/mol. The molecular formula is C14H13. The molecule has 0 spiro atoms. The van der Waals surface area contributed by atoms with Crippen LogP contribution in [0, 0.1) is 6.92 Å². The highest BCUT2D eigenvalue weighted by Crippen LogP contribution is 2.24. The van der Waals surface area contributed by atoms with E-state index in [0.717, 1.165) is 0 Å². The van der Waals surface area contributed by atoms with E-state index in [1.54, 1.807) is 0 Å². The van der Waals surface area contributed by atoms with Crippen LogP contribution in [0.25, 0.3) is 16.3 Å². The molecule has 0 aromatic heterocycles. The van der Waals surface area contributed by atoms with Crippen molar-refractivity contribution in [3.63, 3.8) is 0 Å². The van der Waals surface area contributed by atoms with Gasteiger partial charge in [-0.1, -0.05) is 48.5 Å². The van der Waals surface area contributed by atoms with Crippen LogP contribution in [0.15, 0.2) is 48.5 Å². The molecule has 1 radical (unpaired) electrons. The predicted molar refractivity (Wildman–Crippen MR) is 63.0 cm³/mol. The molecule has 0 nitrogen and oxygen atoms in total. The average Bonchev–Trinajstić information content (AvgIpc) is 2.27. The first-order valence-corrected chi connectivity index (χ1v) is 4.77. The average molecular weight is 181 g/mol. The molecule has 0 bridgehead atoms. The van der Waals surface area contributed by atoms with Crippen molar-refractivity contribution in [3.8, 4) is 0 Å². The molecule has 0 aliphatic heterocycles. The number of benzene rings is 2. The van der Waals surface area contributed by atoms with Gasteiger partial charge in [-0.15, -0.1) is 0 Å². The molecule has 0 aliphatic carbocycles. The Balaban J connectivity index is 2.77. The quantitative estimate of drug-likeness (QED) is 0.622. The van der Waals surface area contributed by atoms with Gasteiger partial charge in [-0.25, -0.2) is 0 Å². The van der Waals surface area contributed by atoms with E-state index in [4.69, 9.17) is 0 Å². The topological polar surface area (TPSA) is 0 Å². The van der Waals surface area contributed by atoms with Crippen molar-refractivity contribution < 1.29 is 0 Å². The Morgan fingerprint density at radius 3 is 2.57 bits per heavy atom. The van der Waals surface area contributed by atoms with Crippen LogP contribution in [0.3, 0.4) is 0 Å². The van der Waals surface area contributed by atoms with E-state index in [0.29, 0.717) is 0 Å². The molecule has 0 aliphatic rings. The van der Waals surface area contributed by atoms with Crippen LogP contribution in [0.2, 0.25) is 0 Å². The molecule has 0 saturated carbocycles. The minimum atomic E-state index is 1.22. The van der Waals surface area contributed by atoms with Gasteiger partial charge < -0.3 is 0 Å². The third-order valence-corrected chi connectivity index (χ3v) is 2.52. The van der Waals surface area contributed by atoms with Gasteiger partial charge in [0.2, 0.25) is 0 Å². The molecule has 2 aromatic rings. The lowest BCUT2D eigenvalue weighted by Crippen LogP contribution is -1.82. The lowest BCUT2D eigenvalue weighted by Gasteiger charge is -2.05. The molecule has 0 N–H and O–H groups in total. The van der Waals surface area contributed by atoms with Gasteiger partial charge in [0.1, 0.15) is 0 Å². The Labute approximate surface area is 84.9 Å². The lowest BCUT2D eigenvalue weighted by atomic mass is 9.99. The summed E-state index contributed by atoms with van der Waals surface area (Å²) in [4.78, 5) is 0. The van der Waals surface area contributed by atoms with Gasteiger partial charge in [0.05, 0.1) is 0 Å². The van der Waals surface area contributed by atoms with E-state index in [-0.39, 0.29) is 0 Å². The summed E-state index contributed by atoms with van der Waals surface area (Å²) in [5.74, 6) is 0. The first kappa shape index (κ1) is 9.01. The van der Waals surface area contributed by atoms with Crippen LogP contribution in [0.1, 0.15) is 12.5 Å². The van der Waals surface area contributed by atoms with Crippen molar-refractivity contribution in [1.29, 1.82) is 0 Å². The zero-order valence-corrected chi connectivity index (χ0v) is 8.33. The molecule has 0 amide bonds. The van der Waals surface area contributed by atoms with Gasteiger partial charge in [0.15, 0.2) is 0 Å². The number of allylic oxidation sites excluding steroid dienone is 2. The first-order chi connectivity index (χ1) is 6.83. The minimum Gasteiger partial charge on any atom is -0.0807 e. The van der Waals surface area contributed by atoms with Gasteiger partial charge in [-0.3, -0.25) is 0 Å². The number of rotatable bonds is 1. The summed E-state index contributed by atoms with van der Waals surface area (Å²) in [5.41, 5.74) is 2.50. The molecular weight excluding hydrogens is 168 g/mol. The molecule has 0 heteroatoms. The summed E-state index contributed by atoms with van der Waals surface area (Å²) in [6, 6.07) is 14.8. The van der Waals surface area contributed by atoms with Crippen LogP contribution >= 0.6 is 0 Å². The first-order valence-electron chi connectivity index (χ1n) is 4.77. The van der Waals surface area contributed by atoms with Gasteiger partial charge in [0, 0.05) is 0 Å². The number of hydrogen-bond donors (Lipinski definition) is 0. The second kappa shape index (κ2) is 3.67. The number of hydrogen-bond acceptors (Lipinski definition) is 0. The molecule has 0 fully saturated rings. The highest BCUT2D eigenvalue weighted by atomic mass is 14.0. The van der Waals surface area contributed by atoms with Crippen LogP contribution < -0.4 is 0 Å². The van der Waals surface area contributed by atoms with Crippen molar-refractivity contribution in [2.45, 2.75) is 6.92 Å². The minimum absolute atomic E-state index is 1.22. The van der Waals surface area contributed by atoms with Crippen LogP contribution in [0.4, 0.5) is 0 Å². The Morgan fingerprint density at radius 1 is 1.07 bits per heavy atom. The van der Waals surface area contributed by atoms with E-state index in [1.807, 2.05) is 6.08 Å². The zero-order valence-electron chi connectivity index (χ0n) is 8.33. The third-order valence-electron chi connectivity index (χ3n) is 2.52. The lowest BCUT2D eigenvalue weighted by molar-refractivity contribution is 1.62. The summed E-state index contributed by atoms with van der Waals surface area (Å²) in [7, 11) is 0. The number of fused-ring (bicyclic) bond motifs is 1. The maximum absolute atomic E-state index is 3.81. The van der Waals surface area contributed by atoms with Crippen LogP contribution in [-0.2, 0) is 0 Å². The SMILES string of the molecule is [CH2]C=C(C)c1cccc2ccccc12. The summed E-state index contributed by atoms with van der Waals surface area (Å²) < 4.78 is 0. The molecule has 0 saturated heterocycles. The van der Waals surface area contributed by atoms with E-state index in [9.17, 15) is 0 Å². The molecule has 2 rings (SSSR count). The van der Waals surface area contributed by atoms with Gasteiger partial charge in [-0.2, -0.15) is 0 Å². The van der Waals surface area contributed by atoms with E-state index >= 15 is 0 Å². The maximum Gasteiger partial charge on any atom is -0.0109 e.